The summed E-state index contributed by atoms with van der Waals surface area (Å²) >= 11 is 1.71. The molecule has 0 aliphatic heterocycles. The maximum Gasteiger partial charge on any atom is 0.340 e. The second kappa shape index (κ2) is 6.92. The van der Waals surface area contributed by atoms with Crippen molar-refractivity contribution >= 4 is 28.6 Å². The van der Waals surface area contributed by atoms with E-state index in [-0.39, 0.29) is 5.97 Å². The van der Waals surface area contributed by atoms with E-state index in [1.165, 1.54) is 4.90 Å². The van der Waals surface area contributed by atoms with Crippen LogP contribution in [0.25, 0.3) is 10.9 Å². The third-order valence-corrected chi connectivity index (χ3v) is 4.75. The van der Waals surface area contributed by atoms with Crippen LogP contribution in [-0.4, -0.2) is 17.6 Å². The number of hydrogen-bond donors (Lipinski definition) is 1. The number of carbonyl (C=O) groups is 1. The fraction of sp³-hybridized carbons (Fsp3) is 0.211. The molecule has 4 heteroatoms. The summed E-state index contributed by atoms with van der Waals surface area (Å²) in [5.74, 6) is 0.448. The summed E-state index contributed by atoms with van der Waals surface area (Å²) in [5, 5.41) is 0.967. The van der Waals surface area contributed by atoms with Gasteiger partial charge in [-0.25, -0.2) is 4.79 Å². The van der Waals surface area contributed by atoms with Crippen molar-refractivity contribution in [3.8, 4) is 0 Å². The van der Waals surface area contributed by atoms with Gasteiger partial charge in [0.15, 0.2) is 0 Å². The molecular weight excluding hydrogens is 306 g/mol. The zero-order valence-corrected chi connectivity index (χ0v) is 14.1. The molecule has 0 bridgehead atoms. The first-order valence-electron chi connectivity index (χ1n) is 7.66. The quantitative estimate of drug-likeness (QED) is 0.533. The van der Waals surface area contributed by atoms with Crippen molar-refractivity contribution in [1.29, 1.82) is 0 Å². The van der Waals surface area contributed by atoms with Crippen LogP contribution in [0.1, 0.15) is 28.5 Å². The molecule has 3 aromatic rings. The summed E-state index contributed by atoms with van der Waals surface area (Å²) in [7, 11) is 0. The Labute approximate surface area is 140 Å². The molecule has 3 nitrogen and oxygen atoms in total. The average Bonchev–Trinajstić information content (AvgIpc) is 2.94. The summed E-state index contributed by atoms with van der Waals surface area (Å²) in [5.41, 5.74) is 3.65. The third kappa shape index (κ3) is 3.27. The van der Waals surface area contributed by atoms with Crippen LogP contribution in [0.2, 0.25) is 0 Å². The van der Waals surface area contributed by atoms with E-state index >= 15 is 0 Å². The maximum absolute atomic E-state index is 12.5. The van der Waals surface area contributed by atoms with Crippen LogP contribution in [0.5, 0.6) is 0 Å². The lowest BCUT2D eigenvalue weighted by atomic mass is 10.1. The highest BCUT2D eigenvalue weighted by atomic mass is 32.2. The molecule has 0 spiro atoms. The van der Waals surface area contributed by atoms with E-state index in [4.69, 9.17) is 4.74 Å². The molecule has 1 aromatic heterocycles. The van der Waals surface area contributed by atoms with E-state index in [2.05, 4.69) is 17.1 Å². The van der Waals surface area contributed by atoms with E-state index < -0.39 is 0 Å². The second-order valence-electron chi connectivity index (χ2n) is 5.30. The molecule has 0 saturated carbocycles. The predicted octanol–water partition coefficient (Wildman–Crippen LogP) is 4.95. The van der Waals surface area contributed by atoms with Crippen molar-refractivity contribution < 1.29 is 9.53 Å². The van der Waals surface area contributed by atoms with Gasteiger partial charge in [0.25, 0.3) is 0 Å². The van der Waals surface area contributed by atoms with Gasteiger partial charge in [0.1, 0.15) is 0 Å². The molecule has 23 heavy (non-hydrogen) atoms. The number of ether oxygens (including phenoxy) is 1. The zero-order chi connectivity index (χ0) is 16.2. The Morgan fingerprint density at radius 2 is 1.91 bits per heavy atom. The highest BCUT2D eigenvalue weighted by Crippen LogP contribution is 2.31. The first-order chi connectivity index (χ1) is 11.2. The second-order valence-corrected chi connectivity index (χ2v) is 6.35. The summed E-state index contributed by atoms with van der Waals surface area (Å²) in [6, 6.07) is 16.2. The van der Waals surface area contributed by atoms with Crippen molar-refractivity contribution in [3.63, 3.8) is 0 Å². The minimum Gasteiger partial charge on any atom is -0.462 e. The van der Waals surface area contributed by atoms with Gasteiger partial charge in [0.05, 0.1) is 12.2 Å². The molecule has 0 fully saturated rings. The van der Waals surface area contributed by atoms with Gasteiger partial charge >= 0.3 is 5.97 Å². The van der Waals surface area contributed by atoms with Crippen molar-refractivity contribution in [2.75, 3.05) is 6.61 Å². The SMILES string of the molecule is CCOC(=O)c1c(CSc2ccccc2)[nH]c2cccc(C)c12. The lowest BCUT2D eigenvalue weighted by molar-refractivity contribution is 0.0527. The molecule has 0 amide bonds. The lowest BCUT2D eigenvalue weighted by Crippen LogP contribution is -2.07. The van der Waals surface area contributed by atoms with Gasteiger partial charge in [0.2, 0.25) is 0 Å². The van der Waals surface area contributed by atoms with Crippen molar-refractivity contribution in [2.24, 2.45) is 0 Å². The predicted molar refractivity (Wildman–Crippen MR) is 95.0 cm³/mol. The summed E-state index contributed by atoms with van der Waals surface area (Å²) in [6.45, 7) is 4.23. The molecule has 0 atom stereocenters. The number of fused-ring (bicyclic) bond motifs is 1. The van der Waals surface area contributed by atoms with Crippen LogP contribution in [0.3, 0.4) is 0 Å². The van der Waals surface area contributed by atoms with E-state index in [9.17, 15) is 4.79 Å². The number of thioether (sulfide) groups is 1. The zero-order valence-electron chi connectivity index (χ0n) is 13.3. The third-order valence-electron chi connectivity index (χ3n) is 3.72. The molecule has 0 unspecified atom stereocenters. The summed E-state index contributed by atoms with van der Waals surface area (Å²) in [4.78, 5) is 17.0. The minimum absolute atomic E-state index is 0.253. The summed E-state index contributed by atoms with van der Waals surface area (Å²) in [6.07, 6.45) is 0. The highest BCUT2D eigenvalue weighted by molar-refractivity contribution is 7.98. The Morgan fingerprint density at radius 3 is 2.65 bits per heavy atom. The molecule has 0 saturated heterocycles. The Bertz CT molecular complexity index is 824. The standard InChI is InChI=1S/C19H19NO2S/c1-3-22-19(21)18-16(12-23-14-9-5-4-6-10-14)20-15-11-7-8-13(2)17(15)18/h4-11,20H,3,12H2,1-2H3. The topological polar surface area (TPSA) is 42.1 Å². The highest BCUT2D eigenvalue weighted by Gasteiger charge is 2.20. The smallest absolute Gasteiger partial charge is 0.340 e. The van der Waals surface area contributed by atoms with Gasteiger partial charge in [-0.05, 0) is 37.6 Å². The molecule has 0 radical (unpaired) electrons. The van der Waals surface area contributed by atoms with Crippen LogP contribution < -0.4 is 0 Å². The number of aromatic amines is 1. The number of aryl methyl sites for hydroxylation is 1. The molecule has 0 aliphatic carbocycles. The number of hydrogen-bond acceptors (Lipinski definition) is 3. The monoisotopic (exact) mass is 325 g/mol. The number of rotatable bonds is 5. The van der Waals surface area contributed by atoms with Gasteiger partial charge in [-0.15, -0.1) is 11.8 Å². The normalized spacial score (nSPS) is 10.9. The summed E-state index contributed by atoms with van der Waals surface area (Å²) < 4.78 is 5.27. The van der Waals surface area contributed by atoms with Gasteiger partial charge in [-0.3, -0.25) is 0 Å². The van der Waals surface area contributed by atoms with Crippen molar-refractivity contribution in [1.82, 2.24) is 4.98 Å². The van der Waals surface area contributed by atoms with Crippen LogP contribution in [0.15, 0.2) is 53.4 Å². The Morgan fingerprint density at radius 1 is 1.13 bits per heavy atom. The fourth-order valence-electron chi connectivity index (χ4n) is 2.69. The first kappa shape index (κ1) is 15.7. The minimum atomic E-state index is -0.253. The average molecular weight is 325 g/mol. The van der Waals surface area contributed by atoms with E-state index in [0.717, 1.165) is 22.2 Å². The molecular formula is C19H19NO2S. The molecule has 3 rings (SSSR count). The number of aromatic nitrogens is 1. The number of esters is 1. The molecule has 1 heterocycles. The van der Waals surface area contributed by atoms with Crippen molar-refractivity contribution in [3.05, 3.63) is 65.4 Å². The van der Waals surface area contributed by atoms with E-state index in [1.54, 1.807) is 11.8 Å². The van der Waals surface area contributed by atoms with Crippen LogP contribution in [0.4, 0.5) is 0 Å². The van der Waals surface area contributed by atoms with Gasteiger partial charge < -0.3 is 9.72 Å². The molecule has 0 aliphatic rings. The first-order valence-corrected chi connectivity index (χ1v) is 8.64. The Kier molecular flexibility index (Phi) is 4.72. The number of nitrogens with one attached hydrogen (secondary N) is 1. The Balaban J connectivity index is 2.00. The maximum atomic E-state index is 12.5. The number of benzene rings is 2. The van der Waals surface area contributed by atoms with E-state index in [1.807, 2.05) is 50.2 Å². The largest absolute Gasteiger partial charge is 0.462 e. The molecule has 2 aromatic carbocycles. The van der Waals surface area contributed by atoms with Crippen LogP contribution >= 0.6 is 11.8 Å². The lowest BCUT2D eigenvalue weighted by Gasteiger charge is -2.06. The Hall–Kier alpha value is -2.20. The fourth-order valence-corrected chi connectivity index (χ4v) is 3.57. The number of H-pyrrole nitrogens is 1. The van der Waals surface area contributed by atoms with E-state index in [0.29, 0.717) is 17.9 Å². The van der Waals surface area contributed by atoms with Gasteiger partial charge in [-0.2, -0.15) is 0 Å². The molecule has 118 valence electrons. The van der Waals surface area contributed by atoms with Crippen LogP contribution in [0, 0.1) is 6.92 Å². The van der Waals surface area contributed by atoms with Gasteiger partial charge in [0, 0.05) is 27.2 Å². The number of carbonyl (C=O) groups excluding carboxylic acids is 1. The van der Waals surface area contributed by atoms with Crippen molar-refractivity contribution in [2.45, 2.75) is 24.5 Å². The van der Waals surface area contributed by atoms with Gasteiger partial charge in [-0.1, -0.05) is 30.3 Å². The van der Waals surface area contributed by atoms with Crippen LogP contribution in [-0.2, 0) is 10.5 Å². The molecule has 1 N–H and O–H groups in total.